The standard InChI is InChI=1S/C29H40N2O6/c1-8-13-30(21-14-17(4)11-12-18(21)5)26(34)24-29-15-19(6)28(7,37-29)23(27(35)36-10-3)22(29)25(33)31(24)20(9-2)16-32/h8,11-12,14,19-20,22-24,32H,1,9-10,13,15-16H2,2-7H3/t19?,20-,22-,23+,24?,28-,29?/m0/s1. The van der Waals surface area contributed by atoms with Crippen LogP contribution in [0, 0.1) is 31.6 Å². The largest absolute Gasteiger partial charge is 0.466 e. The van der Waals surface area contributed by atoms with Crippen molar-refractivity contribution in [1.29, 1.82) is 0 Å². The van der Waals surface area contributed by atoms with Crippen molar-refractivity contribution in [1.82, 2.24) is 4.90 Å². The number of fused-ring (bicyclic) bond motifs is 1. The SMILES string of the molecule is C=CCN(C(=O)C1N([C@@H](CC)CO)C(=O)[C@@H]2[C@H](C(=O)OCC)[C@@]3(C)OC12CC3C)c1cc(C)ccc1C. The van der Waals surface area contributed by atoms with E-state index in [-0.39, 0.29) is 37.5 Å². The Hall–Kier alpha value is -2.71. The van der Waals surface area contributed by atoms with Gasteiger partial charge in [-0.2, -0.15) is 0 Å². The summed E-state index contributed by atoms with van der Waals surface area (Å²) in [6, 6.07) is 4.33. The number of amides is 2. The number of hydrogen-bond acceptors (Lipinski definition) is 6. The highest BCUT2D eigenvalue weighted by atomic mass is 16.6. The van der Waals surface area contributed by atoms with Crippen LogP contribution >= 0.6 is 0 Å². The Morgan fingerprint density at radius 2 is 2.05 bits per heavy atom. The number of carbonyl (C=O) groups excluding carboxylic acids is 3. The number of aryl methyl sites for hydroxylation is 2. The summed E-state index contributed by atoms with van der Waals surface area (Å²) in [5.41, 5.74) is 0.533. The fraction of sp³-hybridized carbons (Fsp3) is 0.621. The summed E-state index contributed by atoms with van der Waals surface area (Å²) in [6.07, 6.45) is 2.58. The van der Waals surface area contributed by atoms with Crippen LogP contribution in [0.1, 0.15) is 51.7 Å². The summed E-state index contributed by atoms with van der Waals surface area (Å²) in [4.78, 5) is 45.3. The van der Waals surface area contributed by atoms with E-state index in [1.54, 1.807) is 17.9 Å². The van der Waals surface area contributed by atoms with Gasteiger partial charge in [0.2, 0.25) is 5.91 Å². The van der Waals surface area contributed by atoms with Crippen molar-refractivity contribution >= 4 is 23.5 Å². The van der Waals surface area contributed by atoms with Gasteiger partial charge in [-0.1, -0.05) is 32.1 Å². The van der Waals surface area contributed by atoms with Gasteiger partial charge >= 0.3 is 5.97 Å². The molecule has 2 amide bonds. The fourth-order valence-electron chi connectivity index (χ4n) is 6.95. The molecule has 8 nitrogen and oxygen atoms in total. The molecule has 1 N–H and O–H groups in total. The second kappa shape index (κ2) is 9.87. The van der Waals surface area contributed by atoms with Crippen molar-refractivity contribution in [2.75, 3.05) is 24.7 Å². The zero-order chi connectivity index (χ0) is 27.3. The number of nitrogens with zero attached hydrogens (tertiary/aromatic N) is 2. The van der Waals surface area contributed by atoms with Gasteiger partial charge in [-0.15, -0.1) is 6.58 Å². The average molecular weight is 513 g/mol. The number of benzene rings is 1. The van der Waals surface area contributed by atoms with E-state index < -0.39 is 41.1 Å². The van der Waals surface area contributed by atoms with Crippen LogP contribution < -0.4 is 4.90 Å². The number of carbonyl (C=O) groups is 3. The Labute approximate surface area is 219 Å². The first-order chi connectivity index (χ1) is 17.5. The minimum atomic E-state index is -1.19. The Balaban J connectivity index is 1.90. The van der Waals surface area contributed by atoms with Crippen LogP contribution in [0.5, 0.6) is 0 Å². The maximum absolute atomic E-state index is 14.6. The van der Waals surface area contributed by atoms with Crippen molar-refractivity contribution in [2.45, 2.75) is 77.7 Å². The third-order valence-electron chi connectivity index (χ3n) is 8.84. The van der Waals surface area contributed by atoms with Gasteiger partial charge in [0.15, 0.2) is 0 Å². The molecule has 8 heteroatoms. The maximum atomic E-state index is 14.6. The molecule has 202 valence electrons. The van der Waals surface area contributed by atoms with Crippen molar-refractivity contribution in [2.24, 2.45) is 17.8 Å². The highest BCUT2D eigenvalue weighted by Crippen LogP contribution is 2.65. The lowest BCUT2D eigenvalue weighted by atomic mass is 9.62. The number of hydrogen-bond donors (Lipinski definition) is 1. The molecule has 37 heavy (non-hydrogen) atoms. The highest BCUT2D eigenvalue weighted by Gasteiger charge is 2.80. The maximum Gasteiger partial charge on any atom is 0.312 e. The summed E-state index contributed by atoms with van der Waals surface area (Å²) < 4.78 is 12.2. The molecule has 3 fully saturated rings. The molecule has 2 bridgehead atoms. The molecule has 1 aromatic carbocycles. The summed E-state index contributed by atoms with van der Waals surface area (Å²) in [6.45, 7) is 15.4. The van der Waals surface area contributed by atoms with Crippen molar-refractivity contribution < 1.29 is 29.0 Å². The number of aliphatic hydroxyl groups is 1. The fourth-order valence-corrected chi connectivity index (χ4v) is 6.95. The molecule has 3 saturated heterocycles. The molecule has 0 aromatic heterocycles. The van der Waals surface area contributed by atoms with E-state index in [2.05, 4.69) is 6.58 Å². The predicted octanol–water partition coefficient (Wildman–Crippen LogP) is 3.17. The van der Waals surface area contributed by atoms with E-state index in [9.17, 15) is 19.5 Å². The Kier molecular flexibility index (Phi) is 7.29. The highest BCUT2D eigenvalue weighted by molar-refractivity contribution is 6.05. The van der Waals surface area contributed by atoms with Gasteiger partial charge in [0.05, 0.1) is 30.8 Å². The third kappa shape index (κ3) is 3.91. The van der Waals surface area contributed by atoms with E-state index in [4.69, 9.17) is 9.47 Å². The van der Waals surface area contributed by atoms with Crippen LogP contribution in [-0.4, -0.2) is 70.8 Å². The Morgan fingerprint density at radius 1 is 1.35 bits per heavy atom. The van der Waals surface area contributed by atoms with Crippen LogP contribution in [0.15, 0.2) is 30.9 Å². The Bertz CT molecular complexity index is 1100. The van der Waals surface area contributed by atoms with Crippen LogP contribution in [-0.2, 0) is 23.9 Å². The minimum absolute atomic E-state index is 0.0797. The second-order valence-electron chi connectivity index (χ2n) is 11.0. The van der Waals surface area contributed by atoms with E-state index in [0.29, 0.717) is 12.8 Å². The molecule has 3 aliphatic rings. The molecule has 4 rings (SSSR count). The lowest BCUT2D eigenvalue weighted by Gasteiger charge is -2.39. The molecule has 0 radical (unpaired) electrons. The monoisotopic (exact) mass is 512 g/mol. The van der Waals surface area contributed by atoms with Crippen LogP contribution in [0.2, 0.25) is 0 Å². The normalized spacial score (nSPS) is 32.8. The number of rotatable bonds is 9. The van der Waals surface area contributed by atoms with Crippen molar-refractivity contribution in [3.05, 3.63) is 42.0 Å². The molecule has 1 aromatic rings. The smallest absolute Gasteiger partial charge is 0.312 e. The molecule has 0 aliphatic carbocycles. The number of aliphatic hydroxyl groups excluding tert-OH is 1. The molecule has 3 aliphatic heterocycles. The van der Waals surface area contributed by atoms with Gasteiger partial charge < -0.3 is 24.4 Å². The van der Waals surface area contributed by atoms with E-state index in [1.807, 2.05) is 52.8 Å². The first-order valence-electron chi connectivity index (χ1n) is 13.3. The Morgan fingerprint density at radius 3 is 2.65 bits per heavy atom. The third-order valence-corrected chi connectivity index (χ3v) is 8.84. The summed E-state index contributed by atoms with van der Waals surface area (Å²) in [5.74, 6) is -2.85. The first kappa shape index (κ1) is 27.3. The number of ether oxygens (including phenoxy) is 2. The number of anilines is 1. The first-order valence-corrected chi connectivity index (χ1v) is 13.3. The van der Waals surface area contributed by atoms with Crippen molar-refractivity contribution in [3.8, 4) is 0 Å². The summed E-state index contributed by atoms with van der Waals surface area (Å²) >= 11 is 0. The van der Waals surface area contributed by atoms with E-state index in [1.165, 1.54) is 4.90 Å². The molecule has 0 saturated carbocycles. The van der Waals surface area contributed by atoms with Crippen LogP contribution in [0.25, 0.3) is 0 Å². The summed E-state index contributed by atoms with van der Waals surface area (Å²) in [5, 5.41) is 10.3. The van der Waals surface area contributed by atoms with Crippen LogP contribution in [0.4, 0.5) is 5.69 Å². The van der Waals surface area contributed by atoms with Gasteiger partial charge in [0, 0.05) is 12.2 Å². The topological polar surface area (TPSA) is 96.4 Å². The van der Waals surface area contributed by atoms with E-state index in [0.717, 1.165) is 16.8 Å². The quantitative estimate of drug-likeness (QED) is 0.403. The van der Waals surface area contributed by atoms with Gasteiger partial charge in [0.25, 0.3) is 5.91 Å². The number of esters is 1. The zero-order valence-corrected chi connectivity index (χ0v) is 22.8. The average Bonchev–Trinajstić information content (AvgIpc) is 3.37. The lowest BCUT2D eigenvalue weighted by Crippen LogP contribution is -2.59. The molecule has 1 spiro atoms. The second-order valence-corrected chi connectivity index (χ2v) is 11.0. The predicted molar refractivity (Wildman–Crippen MR) is 140 cm³/mol. The van der Waals surface area contributed by atoms with Crippen molar-refractivity contribution in [3.63, 3.8) is 0 Å². The van der Waals surface area contributed by atoms with Gasteiger partial charge in [-0.3, -0.25) is 14.4 Å². The van der Waals surface area contributed by atoms with Gasteiger partial charge in [-0.25, -0.2) is 0 Å². The molecule has 3 unspecified atom stereocenters. The molecule has 3 heterocycles. The molecule has 7 atom stereocenters. The molecular formula is C29H40N2O6. The van der Waals surface area contributed by atoms with Gasteiger partial charge in [0.1, 0.15) is 17.6 Å². The van der Waals surface area contributed by atoms with Gasteiger partial charge in [-0.05, 0) is 63.6 Å². The zero-order valence-electron chi connectivity index (χ0n) is 22.8. The lowest BCUT2D eigenvalue weighted by molar-refractivity contribution is -0.162. The van der Waals surface area contributed by atoms with E-state index >= 15 is 0 Å². The summed E-state index contributed by atoms with van der Waals surface area (Å²) in [7, 11) is 0. The minimum Gasteiger partial charge on any atom is -0.466 e. The number of likely N-dealkylation sites (tertiary alicyclic amines) is 1. The van der Waals surface area contributed by atoms with Crippen LogP contribution in [0.3, 0.4) is 0 Å². The molecular weight excluding hydrogens is 472 g/mol.